The summed E-state index contributed by atoms with van der Waals surface area (Å²) >= 11 is 0. The van der Waals surface area contributed by atoms with Gasteiger partial charge in [-0.2, -0.15) is 0 Å². The smallest absolute Gasteiger partial charge is 0.303 e. The molecule has 0 heterocycles. The summed E-state index contributed by atoms with van der Waals surface area (Å²) in [6.45, 7) is 2.21. The Morgan fingerprint density at radius 3 is 2.36 bits per heavy atom. The Kier molecular flexibility index (Phi) is 6.71. The first-order valence-electron chi connectivity index (χ1n) is 9.08. The molecule has 2 saturated carbocycles. The van der Waals surface area contributed by atoms with Crippen LogP contribution in [0.1, 0.15) is 77.6 Å². The molecule has 2 aliphatic rings. The number of rotatable bonds is 6. The van der Waals surface area contributed by atoms with Crippen LogP contribution in [-0.4, -0.2) is 23.0 Å². The molecule has 4 nitrogen and oxygen atoms in total. The summed E-state index contributed by atoms with van der Waals surface area (Å²) in [6.07, 6.45) is 11.2. The van der Waals surface area contributed by atoms with Crippen molar-refractivity contribution in [1.82, 2.24) is 5.32 Å². The highest BCUT2D eigenvalue weighted by molar-refractivity contribution is 5.79. The molecule has 0 aromatic carbocycles. The predicted molar refractivity (Wildman–Crippen MR) is 86.5 cm³/mol. The van der Waals surface area contributed by atoms with Crippen molar-refractivity contribution in [2.24, 2.45) is 17.8 Å². The standard InChI is InChI=1S/C18H31NO3/c1-13-5-2-3-7-16(13)18(22)19-15-11-9-14(10-12-15)6-4-8-17(20)21/h13-16H,2-12H2,1H3,(H,19,22)(H,20,21). The summed E-state index contributed by atoms with van der Waals surface area (Å²) in [5, 5.41) is 12.0. The summed E-state index contributed by atoms with van der Waals surface area (Å²) in [4.78, 5) is 23.0. The second kappa shape index (κ2) is 8.54. The fourth-order valence-electron chi connectivity index (χ4n) is 4.15. The highest BCUT2D eigenvalue weighted by atomic mass is 16.4. The highest BCUT2D eigenvalue weighted by Gasteiger charge is 2.30. The molecule has 0 aliphatic heterocycles. The van der Waals surface area contributed by atoms with Gasteiger partial charge in [0.05, 0.1) is 0 Å². The van der Waals surface area contributed by atoms with E-state index in [1.54, 1.807) is 0 Å². The molecule has 4 heteroatoms. The molecule has 0 saturated heterocycles. The van der Waals surface area contributed by atoms with Crippen LogP contribution in [0, 0.1) is 17.8 Å². The fourth-order valence-corrected chi connectivity index (χ4v) is 4.15. The monoisotopic (exact) mass is 309 g/mol. The van der Waals surface area contributed by atoms with Gasteiger partial charge in [-0.05, 0) is 63.2 Å². The van der Waals surface area contributed by atoms with E-state index in [9.17, 15) is 9.59 Å². The summed E-state index contributed by atoms with van der Waals surface area (Å²) in [6, 6.07) is 0.345. The van der Waals surface area contributed by atoms with Crippen LogP contribution in [0.5, 0.6) is 0 Å². The van der Waals surface area contributed by atoms with Crippen molar-refractivity contribution >= 4 is 11.9 Å². The zero-order chi connectivity index (χ0) is 15.9. The minimum Gasteiger partial charge on any atom is -0.481 e. The third-order valence-electron chi connectivity index (χ3n) is 5.64. The van der Waals surface area contributed by atoms with Crippen LogP contribution in [-0.2, 0) is 9.59 Å². The third-order valence-corrected chi connectivity index (χ3v) is 5.64. The number of hydrogen-bond donors (Lipinski definition) is 2. The Balaban J connectivity index is 1.66. The van der Waals surface area contributed by atoms with E-state index in [-0.39, 0.29) is 18.2 Å². The van der Waals surface area contributed by atoms with Gasteiger partial charge >= 0.3 is 5.97 Å². The molecule has 2 fully saturated rings. The lowest BCUT2D eigenvalue weighted by atomic mass is 9.79. The second-order valence-electron chi connectivity index (χ2n) is 7.38. The molecule has 22 heavy (non-hydrogen) atoms. The summed E-state index contributed by atoms with van der Waals surface area (Å²) < 4.78 is 0. The molecule has 0 spiro atoms. The van der Waals surface area contributed by atoms with Crippen LogP contribution < -0.4 is 5.32 Å². The van der Waals surface area contributed by atoms with E-state index in [2.05, 4.69) is 12.2 Å². The minimum atomic E-state index is -0.692. The van der Waals surface area contributed by atoms with Crippen molar-refractivity contribution in [2.75, 3.05) is 0 Å². The average Bonchev–Trinajstić information content (AvgIpc) is 2.49. The lowest BCUT2D eigenvalue weighted by molar-refractivity contribution is -0.137. The van der Waals surface area contributed by atoms with E-state index in [0.717, 1.165) is 44.9 Å². The van der Waals surface area contributed by atoms with Gasteiger partial charge in [0.2, 0.25) is 5.91 Å². The van der Waals surface area contributed by atoms with Crippen molar-refractivity contribution < 1.29 is 14.7 Å². The van der Waals surface area contributed by atoms with Crippen LogP contribution in [0.4, 0.5) is 0 Å². The lowest BCUT2D eigenvalue weighted by Gasteiger charge is -2.33. The predicted octanol–water partition coefficient (Wildman–Crippen LogP) is 3.74. The van der Waals surface area contributed by atoms with Gasteiger partial charge in [-0.1, -0.05) is 19.8 Å². The molecule has 2 unspecified atom stereocenters. The van der Waals surface area contributed by atoms with E-state index in [1.807, 2.05) is 0 Å². The Bertz CT molecular complexity index is 375. The van der Waals surface area contributed by atoms with Gasteiger partial charge in [0.1, 0.15) is 0 Å². The number of carbonyl (C=O) groups is 2. The van der Waals surface area contributed by atoms with Gasteiger partial charge in [-0.15, -0.1) is 0 Å². The first kappa shape index (κ1) is 17.3. The number of aliphatic carboxylic acids is 1. The van der Waals surface area contributed by atoms with Crippen molar-refractivity contribution in [3.05, 3.63) is 0 Å². The molecule has 0 radical (unpaired) electrons. The largest absolute Gasteiger partial charge is 0.481 e. The molecule has 0 aromatic heterocycles. The molecule has 1 amide bonds. The number of carboxylic acids is 1. The van der Waals surface area contributed by atoms with Gasteiger partial charge in [-0.3, -0.25) is 9.59 Å². The topological polar surface area (TPSA) is 66.4 Å². The van der Waals surface area contributed by atoms with Crippen molar-refractivity contribution in [3.63, 3.8) is 0 Å². The first-order chi connectivity index (χ1) is 10.6. The van der Waals surface area contributed by atoms with E-state index >= 15 is 0 Å². The SMILES string of the molecule is CC1CCCCC1C(=O)NC1CCC(CCCC(=O)O)CC1. The summed E-state index contributed by atoms with van der Waals surface area (Å²) in [5.74, 6) is 0.994. The number of carboxylic acid groups (broad SMARTS) is 1. The van der Waals surface area contributed by atoms with Crippen LogP contribution in [0.25, 0.3) is 0 Å². The number of amides is 1. The zero-order valence-corrected chi connectivity index (χ0v) is 13.9. The van der Waals surface area contributed by atoms with E-state index in [4.69, 9.17) is 5.11 Å². The van der Waals surface area contributed by atoms with Crippen molar-refractivity contribution in [2.45, 2.75) is 83.6 Å². The first-order valence-corrected chi connectivity index (χ1v) is 9.08. The second-order valence-corrected chi connectivity index (χ2v) is 7.38. The van der Waals surface area contributed by atoms with Gasteiger partial charge in [0.15, 0.2) is 0 Å². The Labute approximate surface area is 134 Å². The Hall–Kier alpha value is -1.06. The fraction of sp³-hybridized carbons (Fsp3) is 0.889. The maximum absolute atomic E-state index is 12.4. The summed E-state index contributed by atoms with van der Waals surface area (Å²) in [5.41, 5.74) is 0. The van der Waals surface area contributed by atoms with Crippen LogP contribution >= 0.6 is 0 Å². The van der Waals surface area contributed by atoms with E-state index in [1.165, 1.54) is 19.3 Å². The molecule has 2 atom stereocenters. The maximum atomic E-state index is 12.4. The van der Waals surface area contributed by atoms with Gasteiger partial charge in [0.25, 0.3) is 0 Å². The maximum Gasteiger partial charge on any atom is 0.303 e. The highest BCUT2D eigenvalue weighted by Crippen LogP contribution is 2.31. The molecule has 126 valence electrons. The van der Waals surface area contributed by atoms with E-state index in [0.29, 0.717) is 17.9 Å². The molecule has 0 aromatic rings. The third kappa shape index (κ3) is 5.29. The molecule has 2 N–H and O–H groups in total. The number of carbonyl (C=O) groups excluding carboxylic acids is 1. The normalized spacial score (nSPS) is 32.4. The molecular weight excluding hydrogens is 278 g/mol. The van der Waals surface area contributed by atoms with Crippen LogP contribution in [0.3, 0.4) is 0 Å². The van der Waals surface area contributed by atoms with Crippen molar-refractivity contribution in [3.8, 4) is 0 Å². The molecular formula is C18H31NO3. The minimum absolute atomic E-state index is 0.224. The molecule has 2 rings (SSSR count). The zero-order valence-electron chi connectivity index (χ0n) is 13.9. The van der Waals surface area contributed by atoms with Crippen LogP contribution in [0.2, 0.25) is 0 Å². The Morgan fingerprint density at radius 2 is 1.73 bits per heavy atom. The van der Waals surface area contributed by atoms with Crippen LogP contribution in [0.15, 0.2) is 0 Å². The van der Waals surface area contributed by atoms with Gasteiger partial charge in [-0.25, -0.2) is 0 Å². The van der Waals surface area contributed by atoms with Crippen molar-refractivity contribution in [1.29, 1.82) is 0 Å². The lowest BCUT2D eigenvalue weighted by Crippen LogP contribution is -2.43. The molecule has 2 aliphatic carbocycles. The van der Waals surface area contributed by atoms with Gasteiger partial charge in [0, 0.05) is 18.4 Å². The Morgan fingerprint density at radius 1 is 1.05 bits per heavy atom. The number of hydrogen-bond acceptors (Lipinski definition) is 2. The summed E-state index contributed by atoms with van der Waals surface area (Å²) in [7, 11) is 0. The quantitative estimate of drug-likeness (QED) is 0.785. The molecule has 0 bridgehead atoms. The average molecular weight is 309 g/mol. The number of nitrogens with one attached hydrogen (secondary N) is 1. The van der Waals surface area contributed by atoms with E-state index < -0.39 is 5.97 Å². The van der Waals surface area contributed by atoms with Gasteiger partial charge < -0.3 is 10.4 Å².